The van der Waals surface area contributed by atoms with Crippen molar-refractivity contribution in [2.75, 3.05) is 24.4 Å². The van der Waals surface area contributed by atoms with E-state index in [0.717, 1.165) is 0 Å². The number of para-hydroxylation sites is 3. The summed E-state index contributed by atoms with van der Waals surface area (Å²) in [6.07, 6.45) is 0. The minimum atomic E-state index is -0.381. The van der Waals surface area contributed by atoms with Gasteiger partial charge in [0.1, 0.15) is 17.6 Å². The Morgan fingerprint density at radius 2 is 1.57 bits per heavy atom. The SMILES string of the molecule is COc1ccccc1NC(=O)c1ccc(NC(=O)COc2ccccc2C#N)cc1. The lowest BCUT2D eigenvalue weighted by Gasteiger charge is -2.11. The maximum atomic E-state index is 12.4. The van der Waals surface area contributed by atoms with Crippen molar-refractivity contribution >= 4 is 23.2 Å². The molecule has 0 aliphatic carbocycles. The van der Waals surface area contributed by atoms with E-state index >= 15 is 0 Å². The maximum Gasteiger partial charge on any atom is 0.262 e. The van der Waals surface area contributed by atoms with Crippen molar-refractivity contribution in [3.63, 3.8) is 0 Å². The average molecular weight is 401 g/mol. The molecule has 3 aromatic rings. The van der Waals surface area contributed by atoms with Gasteiger partial charge in [0.25, 0.3) is 11.8 Å². The minimum Gasteiger partial charge on any atom is -0.495 e. The average Bonchev–Trinajstić information content (AvgIpc) is 2.78. The number of amides is 2. The Bertz CT molecular complexity index is 1090. The molecule has 0 fully saturated rings. The number of hydrogen-bond donors (Lipinski definition) is 2. The summed E-state index contributed by atoms with van der Waals surface area (Å²) >= 11 is 0. The van der Waals surface area contributed by atoms with Gasteiger partial charge in [0.15, 0.2) is 6.61 Å². The van der Waals surface area contributed by atoms with Crippen molar-refractivity contribution in [3.8, 4) is 17.6 Å². The number of hydrogen-bond acceptors (Lipinski definition) is 5. The summed E-state index contributed by atoms with van der Waals surface area (Å²) < 4.78 is 10.6. The molecule has 0 saturated carbocycles. The lowest BCUT2D eigenvalue weighted by molar-refractivity contribution is -0.118. The third kappa shape index (κ3) is 5.14. The standard InChI is InChI=1S/C23H19N3O4/c1-29-21-9-5-3-7-19(21)26-23(28)16-10-12-18(13-11-16)25-22(27)15-30-20-8-4-2-6-17(20)14-24/h2-13H,15H2,1H3,(H,25,27)(H,26,28). The molecule has 150 valence electrons. The Balaban J connectivity index is 1.57. The van der Waals surface area contributed by atoms with E-state index in [1.54, 1.807) is 66.7 Å². The first kappa shape index (κ1) is 20.4. The third-order valence-corrected chi connectivity index (χ3v) is 4.15. The van der Waals surface area contributed by atoms with Crippen LogP contribution in [-0.2, 0) is 4.79 Å². The molecule has 0 aliphatic heterocycles. The number of anilines is 2. The van der Waals surface area contributed by atoms with Crippen LogP contribution in [0.2, 0.25) is 0 Å². The molecule has 7 nitrogen and oxygen atoms in total. The Labute approximate surface area is 173 Å². The van der Waals surface area contributed by atoms with Crippen LogP contribution in [0, 0.1) is 11.3 Å². The zero-order valence-electron chi connectivity index (χ0n) is 16.2. The first-order chi connectivity index (χ1) is 14.6. The second-order valence-corrected chi connectivity index (χ2v) is 6.18. The molecule has 0 aromatic heterocycles. The zero-order valence-corrected chi connectivity index (χ0v) is 16.2. The van der Waals surface area contributed by atoms with Crippen molar-refractivity contribution in [1.82, 2.24) is 0 Å². The number of carbonyl (C=O) groups is 2. The topological polar surface area (TPSA) is 100 Å². The number of methoxy groups -OCH3 is 1. The molecule has 7 heteroatoms. The summed E-state index contributed by atoms with van der Waals surface area (Å²) in [5, 5.41) is 14.5. The molecule has 0 saturated heterocycles. The van der Waals surface area contributed by atoms with E-state index in [0.29, 0.717) is 34.0 Å². The molecule has 0 atom stereocenters. The minimum absolute atomic E-state index is 0.241. The summed E-state index contributed by atoms with van der Waals surface area (Å²) in [5.41, 5.74) is 1.87. The van der Waals surface area contributed by atoms with Crippen molar-refractivity contribution in [3.05, 3.63) is 83.9 Å². The Hall–Kier alpha value is -4.31. The normalized spacial score (nSPS) is 9.87. The lowest BCUT2D eigenvalue weighted by Crippen LogP contribution is -2.20. The summed E-state index contributed by atoms with van der Waals surface area (Å²) in [6.45, 7) is -0.241. The largest absolute Gasteiger partial charge is 0.495 e. The van der Waals surface area contributed by atoms with E-state index in [-0.39, 0.29) is 18.4 Å². The Morgan fingerprint density at radius 3 is 2.27 bits per heavy atom. The van der Waals surface area contributed by atoms with E-state index in [4.69, 9.17) is 14.7 Å². The van der Waals surface area contributed by atoms with Crippen LogP contribution in [-0.4, -0.2) is 25.5 Å². The van der Waals surface area contributed by atoms with Crippen molar-refractivity contribution < 1.29 is 19.1 Å². The second-order valence-electron chi connectivity index (χ2n) is 6.18. The second kappa shape index (κ2) is 9.75. The van der Waals surface area contributed by atoms with Crippen LogP contribution in [0.15, 0.2) is 72.8 Å². The third-order valence-electron chi connectivity index (χ3n) is 4.15. The molecule has 3 aromatic carbocycles. The van der Waals surface area contributed by atoms with E-state index in [2.05, 4.69) is 10.6 Å². The predicted molar refractivity (Wildman–Crippen MR) is 113 cm³/mol. The van der Waals surface area contributed by atoms with Gasteiger partial charge in [0.2, 0.25) is 0 Å². The summed E-state index contributed by atoms with van der Waals surface area (Å²) in [7, 11) is 1.53. The smallest absolute Gasteiger partial charge is 0.262 e. The highest BCUT2D eigenvalue weighted by Crippen LogP contribution is 2.24. The number of carbonyl (C=O) groups excluding carboxylic acids is 2. The monoisotopic (exact) mass is 401 g/mol. The van der Waals surface area contributed by atoms with Gasteiger partial charge in [-0.05, 0) is 48.5 Å². The fraction of sp³-hybridized carbons (Fsp3) is 0.0870. The van der Waals surface area contributed by atoms with E-state index < -0.39 is 0 Å². The number of ether oxygens (including phenoxy) is 2. The quantitative estimate of drug-likeness (QED) is 0.627. The molecule has 0 spiro atoms. The van der Waals surface area contributed by atoms with Gasteiger partial charge >= 0.3 is 0 Å². The molecule has 0 unspecified atom stereocenters. The van der Waals surface area contributed by atoms with Gasteiger partial charge in [-0.3, -0.25) is 9.59 Å². The van der Waals surface area contributed by atoms with Crippen molar-refractivity contribution in [2.24, 2.45) is 0 Å². The maximum absolute atomic E-state index is 12.4. The predicted octanol–water partition coefficient (Wildman–Crippen LogP) is 3.84. The van der Waals surface area contributed by atoms with Gasteiger partial charge in [-0.15, -0.1) is 0 Å². The van der Waals surface area contributed by atoms with Crippen LogP contribution in [0.1, 0.15) is 15.9 Å². The molecule has 0 radical (unpaired) electrons. The number of rotatable bonds is 7. The fourth-order valence-electron chi connectivity index (χ4n) is 2.67. The first-order valence-corrected chi connectivity index (χ1v) is 9.07. The highest BCUT2D eigenvalue weighted by atomic mass is 16.5. The number of nitrogens with one attached hydrogen (secondary N) is 2. The number of nitriles is 1. The Morgan fingerprint density at radius 1 is 0.900 bits per heavy atom. The van der Waals surface area contributed by atoms with Crippen molar-refractivity contribution in [1.29, 1.82) is 5.26 Å². The van der Waals surface area contributed by atoms with Crippen LogP contribution in [0.5, 0.6) is 11.5 Å². The van der Waals surface area contributed by atoms with Crippen LogP contribution in [0.3, 0.4) is 0 Å². The molecule has 0 heterocycles. The fourth-order valence-corrected chi connectivity index (χ4v) is 2.67. The molecule has 30 heavy (non-hydrogen) atoms. The van der Waals surface area contributed by atoms with Gasteiger partial charge in [-0.1, -0.05) is 24.3 Å². The van der Waals surface area contributed by atoms with E-state index in [9.17, 15) is 9.59 Å². The van der Waals surface area contributed by atoms with E-state index in [1.165, 1.54) is 7.11 Å². The summed E-state index contributed by atoms with van der Waals surface area (Å²) in [6, 6.07) is 22.3. The van der Waals surface area contributed by atoms with Crippen LogP contribution >= 0.6 is 0 Å². The molecule has 2 amide bonds. The van der Waals surface area contributed by atoms with E-state index in [1.807, 2.05) is 12.1 Å². The highest BCUT2D eigenvalue weighted by molar-refractivity contribution is 6.05. The zero-order chi connectivity index (χ0) is 21.3. The molecule has 3 rings (SSSR count). The van der Waals surface area contributed by atoms with Gasteiger partial charge < -0.3 is 20.1 Å². The molecule has 0 aliphatic rings. The van der Waals surface area contributed by atoms with Crippen molar-refractivity contribution in [2.45, 2.75) is 0 Å². The first-order valence-electron chi connectivity index (χ1n) is 9.07. The molecular formula is C23H19N3O4. The molecule has 2 N–H and O–H groups in total. The number of benzene rings is 3. The molecular weight excluding hydrogens is 382 g/mol. The van der Waals surface area contributed by atoms with Gasteiger partial charge in [0, 0.05) is 11.3 Å². The summed E-state index contributed by atoms with van der Waals surface area (Å²) in [4.78, 5) is 24.5. The molecule has 0 bridgehead atoms. The van der Waals surface area contributed by atoms with Crippen LogP contribution < -0.4 is 20.1 Å². The van der Waals surface area contributed by atoms with Crippen LogP contribution in [0.4, 0.5) is 11.4 Å². The lowest BCUT2D eigenvalue weighted by atomic mass is 10.2. The number of nitrogens with zero attached hydrogens (tertiary/aromatic N) is 1. The van der Waals surface area contributed by atoms with Gasteiger partial charge in [0.05, 0.1) is 18.4 Å². The summed E-state index contributed by atoms with van der Waals surface area (Å²) in [5.74, 6) is 0.231. The van der Waals surface area contributed by atoms with Gasteiger partial charge in [-0.2, -0.15) is 5.26 Å². The highest BCUT2D eigenvalue weighted by Gasteiger charge is 2.11. The van der Waals surface area contributed by atoms with Gasteiger partial charge in [-0.25, -0.2) is 0 Å². The Kier molecular flexibility index (Phi) is 6.64. The van der Waals surface area contributed by atoms with Crippen LogP contribution in [0.25, 0.3) is 0 Å².